The van der Waals surface area contributed by atoms with Gasteiger partial charge in [0.1, 0.15) is 24.2 Å². The lowest BCUT2D eigenvalue weighted by Gasteiger charge is -2.35. The lowest BCUT2D eigenvalue weighted by Crippen LogP contribution is -2.45. The van der Waals surface area contributed by atoms with Crippen LogP contribution >= 0.6 is 11.6 Å². The number of carbonyl (C=O) groups is 1. The molecule has 1 N–H and O–H groups in total. The SMILES string of the molecule is O=C(COC1CC(OC(F)(F)F)C1)N[C@H]1CC[C@H](c2cnn(-c3ccc(Cl)c(F)c3)n2)OC1. The molecule has 1 aromatic carbocycles. The van der Waals surface area contributed by atoms with Crippen LogP contribution in [0.4, 0.5) is 17.6 Å². The maximum Gasteiger partial charge on any atom is 0.522 e. The predicted molar refractivity (Wildman–Crippen MR) is 106 cm³/mol. The summed E-state index contributed by atoms with van der Waals surface area (Å²) in [5.74, 6) is -0.936. The van der Waals surface area contributed by atoms with Gasteiger partial charge in [-0.1, -0.05) is 11.6 Å². The summed E-state index contributed by atoms with van der Waals surface area (Å²) >= 11 is 5.69. The fourth-order valence-electron chi connectivity index (χ4n) is 3.66. The first-order valence-corrected chi connectivity index (χ1v) is 10.7. The topological polar surface area (TPSA) is 87.5 Å². The number of halogens is 5. The predicted octanol–water partition coefficient (Wildman–Crippen LogP) is 3.48. The maximum absolute atomic E-state index is 13.7. The Morgan fingerprint density at radius 2 is 2.06 bits per heavy atom. The van der Waals surface area contributed by atoms with Crippen LogP contribution in [-0.2, 0) is 19.0 Å². The van der Waals surface area contributed by atoms with E-state index in [-0.39, 0.29) is 49.1 Å². The number of carbonyl (C=O) groups excluding carboxylic acids is 1. The number of aromatic nitrogens is 3. The number of hydrogen-bond donors (Lipinski definition) is 1. The van der Waals surface area contributed by atoms with Gasteiger partial charge in [-0.2, -0.15) is 15.0 Å². The first kappa shape index (κ1) is 23.9. The van der Waals surface area contributed by atoms with Crippen molar-refractivity contribution in [2.24, 2.45) is 0 Å². The molecule has 0 radical (unpaired) electrons. The second kappa shape index (κ2) is 9.92. The third kappa shape index (κ3) is 6.40. The number of benzene rings is 1. The molecule has 2 aliphatic rings. The molecule has 1 saturated heterocycles. The molecule has 1 amide bonds. The molecule has 180 valence electrons. The van der Waals surface area contributed by atoms with Crippen molar-refractivity contribution < 1.29 is 36.6 Å². The summed E-state index contributed by atoms with van der Waals surface area (Å²) in [5, 5.41) is 11.3. The normalized spacial score (nSPS) is 25.5. The Labute approximate surface area is 191 Å². The molecular weight excluding hydrogens is 472 g/mol. The largest absolute Gasteiger partial charge is 0.522 e. The fraction of sp³-hybridized carbons (Fsp3) is 0.550. The molecule has 1 aliphatic heterocycles. The van der Waals surface area contributed by atoms with E-state index in [1.54, 1.807) is 6.07 Å². The number of alkyl halides is 3. The standard InChI is InChI=1S/C20H21ClF4N4O4/c21-15-3-2-12(5-16(15)22)29-26-8-17(28-29)18-4-1-11(9-32-18)27-19(30)10-31-13-6-14(7-13)33-20(23,24)25/h2-3,5,8,11,13-14,18H,1,4,6-7,9-10H2,(H,27,30)/t11-,13?,14?,18+/m0/s1. The summed E-state index contributed by atoms with van der Waals surface area (Å²) in [6.45, 7) is 0.0130. The molecule has 4 rings (SSSR count). The smallest absolute Gasteiger partial charge is 0.370 e. The molecule has 2 aromatic rings. The molecule has 0 spiro atoms. The van der Waals surface area contributed by atoms with Crippen molar-refractivity contribution in [2.45, 2.75) is 56.4 Å². The summed E-state index contributed by atoms with van der Waals surface area (Å²) in [7, 11) is 0. The molecular formula is C20H21ClF4N4O4. The van der Waals surface area contributed by atoms with Crippen molar-refractivity contribution in [1.82, 2.24) is 20.3 Å². The molecule has 2 atom stereocenters. The average Bonchev–Trinajstić information content (AvgIpc) is 3.21. The summed E-state index contributed by atoms with van der Waals surface area (Å²) in [6, 6.07) is 4.02. The molecule has 8 nitrogen and oxygen atoms in total. The van der Waals surface area contributed by atoms with E-state index in [9.17, 15) is 22.4 Å². The Hall–Kier alpha value is -2.28. The van der Waals surface area contributed by atoms with E-state index in [0.717, 1.165) is 0 Å². The van der Waals surface area contributed by atoms with Crippen molar-refractivity contribution in [1.29, 1.82) is 0 Å². The van der Waals surface area contributed by atoms with E-state index >= 15 is 0 Å². The van der Waals surface area contributed by atoms with Crippen LogP contribution in [0.15, 0.2) is 24.4 Å². The summed E-state index contributed by atoms with van der Waals surface area (Å²) in [4.78, 5) is 13.3. The van der Waals surface area contributed by atoms with Crippen LogP contribution in [0.1, 0.15) is 37.5 Å². The number of nitrogens with one attached hydrogen (secondary N) is 1. The molecule has 0 unspecified atom stereocenters. The van der Waals surface area contributed by atoms with Crippen LogP contribution < -0.4 is 5.32 Å². The van der Waals surface area contributed by atoms with Crippen LogP contribution in [0.3, 0.4) is 0 Å². The lowest BCUT2D eigenvalue weighted by molar-refractivity contribution is -0.357. The van der Waals surface area contributed by atoms with Crippen molar-refractivity contribution in [3.63, 3.8) is 0 Å². The maximum atomic E-state index is 13.7. The van der Waals surface area contributed by atoms with E-state index in [4.69, 9.17) is 21.1 Å². The first-order valence-electron chi connectivity index (χ1n) is 10.3. The number of hydrogen-bond acceptors (Lipinski definition) is 6. The van der Waals surface area contributed by atoms with Crippen molar-refractivity contribution in [3.8, 4) is 5.69 Å². The molecule has 33 heavy (non-hydrogen) atoms. The average molecular weight is 493 g/mol. The van der Waals surface area contributed by atoms with Crippen LogP contribution in [0, 0.1) is 5.82 Å². The monoisotopic (exact) mass is 492 g/mol. The molecule has 0 bridgehead atoms. The second-order valence-electron chi connectivity index (χ2n) is 7.91. The highest BCUT2D eigenvalue weighted by atomic mass is 35.5. The zero-order valence-corrected chi connectivity index (χ0v) is 18.0. The van der Waals surface area contributed by atoms with Gasteiger partial charge in [0.2, 0.25) is 5.91 Å². The highest BCUT2D eigenvalue weighted by Gasteiger charge is 2.40. The molecule has 2 fully saturated rings. The Bertz CT molecular complexity index is 975. The van der Waals surface area contributed by atoms with Gasteiger partial charge in [-0.15, -0.1) is 13.2 Å². The highest BCUT2D eigenvalue weighted by molar-refractivity contribution is 6.30. The van der Waals surface area contributed by atoms with Gasteiger partial charge in [0, 0.05) is 18.9 Å². The number of ether oxygens (including phenoxy) is 3. The van der Waals surface area contributed by atoms with Crippen LogP contribution in [0.25, 0.3) is 5.69 Å². The van der Waals surface area contributed by atoms with E-state index in [2.05, 4.69) is 20.3 Å². The van der Waals surface area contributed by atoms with Gasteiger partial charge in [0.25, 0.3) is 0 Å². The van der Waals surface area contributed by atoms with Gasteiger partial charge >= 0.3 is 6.36 Å². The summed E-state index contributed by atoms with van der Waals surface area (Å²) in [6.07, 6.45) is -3.37. The van der Waals surface area contributed by atoms with E-state index in [0.29, 0.717) is 24.2 Å². The fourth-order valence-corrected chi connectivity index (χ4v) is 3.77. The third-order valence-electron chi connectivity index (χ3n) is 5.42. The van der Waals surface area contributed by atoms with E-state index in [1.807, 2.05) is 0 Å². The van der Waals surface area contributed by atoms with Crippen molar-refractivity contribution in [2.75, 3.05) is 13.2 Å². The summed E-state index contributed by atoms with van der Waals surface area (Å²) in [5.41, 5.74) is 1.01. The number of nitrogens with zero attached hydrogens (tertiary/aromatic N) is 3. The van der Waals surface area contributed by atoms with E-state index < -0.39 is 24.4 Å². The number of amides is 1. The highest BCUT2D eigenvalue weighted by Crippen LogP contribution is 2.32. The van der Waals surface area contributed by atoms with Gasteiger partial charge in [0.05, 0.1) is 41.8 Å². The Morgan fingerprint density at radius 3 is 2.73 bits per heavy atom. The minimum Gasteiger partial charge on any atom is -0.370 e. The Balaban J connectivity index is 1.17. The van der Waals surface area contributed by atoms with Gasteiger partial charge in [-0.25, -0.2) is 4.39 Å². The molecule has 13 heteroatoms. The van der Waals surface area contributed by atoms with Crippen molar-refractivity contribution in [3.05, 3.63) is 40.9 Å². The molecule has 1 aromatic heterocycles. The van der Waals surface area contributed by atoms with Gasteiger partial charge < -0.3 is 14.8 Å². The Morgan fingerprint density at radius 1 is 1.27 bits per heavy atom. The van der Waals surface area contributed by atoms with Crippen molar-refractivity contribution >= 4 is 17.5 Å². The van der Waals surface area contributed by atoms with Gasteiger partial charge in [0.15, 0.2) is 0 Å². The molecule has 1 aliphatic carbocycles. The van der Waals surface area contributed by atoms with Crippen LogP contribution in [-0.4, -0.2) is 58.7 Å². The summed E-state index contributed by atoms with van der Waals surface area (Å²) < 4.78 is 65.0. The molecule has 1 saturated carbocycles. The van der Waals surface area contributed by atoms with Crippen LogP contribution in [0.5, 0.6) is 0 Å². The minimum atomic E-state index is -4.66. The second-order valence-corrected chi connectivity index (χ2v) is 8.32. The Kier molecular flexibility index (Phi) is 7.17. The van der Waals surface area contributed by atoms with Gasteiger partial charge in [-0.3, -0.25) is 9.53 Å². The quantitative estimate of drug-likeness (QED) is 0.595. The van der Waals surface area contributed by atoms with E-state index in [1.165, 1.54) is 23.1 Å². The first-order chi connectivity index (χ1) is 15.7. The molecule has 2 heterocycles. The van der Waals surface area contributed by atoms with Gasteiger partial charge in [-0.05, 0) is 25.0 Å². The zero-order chi connectivity index (χ0) is 23.6. The van der Waals surface area contributed by atoms with Crippen LogP contribution in [0.2, 0.25) is 5.02 Å². The minimum absolute atomic E-state index is 0.00702. The lowest BCUT2D eigenvalue weighted by atomic mass is 9.92. The zero-order valence-electron chi connectivity index (χ0n) is 17.2. The third-order valence-corrected chi connectivity index (χ3v) is 5.72. The number of rotatable bonds is 7.